The average molecular weight is 299 g/mol. The lowest BCUT2D eigenvalue weighted by Gasteiger charge is -2.16. The first-order chi connectivity index (χ1) is 8.97. The van der Waals surface area contributed by atoms with Crippen molar-refractivity contribution in [2.45, 2.75) is 32.9 Å². The van der Waals surface area contributed by atoms with E-state index in [9.17, 15) is 4.79 Å². The second-order valence-corrected chi connectivity index (χ2v) is 5.74. The summed E-state index contributed by atoms with van der Waals surface area (Å²) in [6.45, 7) is 5.62. The van der Waals surface area contributed by atoms with E-state index in [2.05, 4.69) is 20.6 Å². The summed E-state index contributed by atoms with van der Waals surface area (Å²) in [5.74, 6) is 0.510. The quantitative estimate of drug-likeness (QED) is 0.852. The first-order valence-corrected chi connectivity index (χ1v) is 7.21. The minimum atomic E-state index is -0.392. The van der Waals surface area contributed by atoms with Gasteiger partial charge in [0.2, 0.25) is 11.2 Å². The Balaban J connectivity index is 2.21. The van der Waals surface area contributed by atoms with Crippen LogP contribution in [0.3, 0.4) is 0 Å². The highest BCUT2D eigenvalue weighted by Gasteiger charge is 2.16. The van der Waals surface area contributed by atoms with Gasteiger partial charge >= 0.3 is 0 Å². The molecule has 0 radical (unpaired) electrons. The molecule has 102 valence electrons. The van der Waals surface area contributed by atoms with Crippen LogP contribution >= 0.6 is 22.9 Å². The Morgan fingerprint density at radius 1 is 1.37 bits per heavy atom. The normalized spacial score (nSPS) is 12.7. The maximum absolute atomic E-state index is 11.9. The highest BCUT2D eigenvalue weighted by molar-refractivity contribution is 7.16. The van der Waals surface area contributed by atoms with Crippen LogP contribution in [0.4, 0.5) is 5.82 Å². The first kappa shape index (κ1) is 14.0. The number of carbonyl (C=O) groups excluding carboxylic acids is 1. The van der Waals surface area contributed by atoms with Crippen LogP contribution in [-0.2, 0) is 4.79 Å². The molecule has 0 saturated heterocycles. The molecule has 2 heterocycles. The van der Waals surface area contributed by atoms with E-state index < -0.39 is 6.04 Å². The summed E-state index contributed by atoms with van der Waals surface area (Å²) in [4.78, 5) is 20.9. The number of halogens is 1. The second kappa shape index (κ2) is 5.71. The molecule has 0 aromatic carbocycles. The summed E-state index contributed by atoms with van der Waals surface area (Å²) in [7, 11) is 0. The number of amides is 1. The Morgan fingerprint density at radius 2 is 2.11 bits per heavy atom. The Hall–Kier alpha value is -1.40. The molecule has 0 spiro atoms. The SMILES string of the molecule is CC(C)NC(=O)C(C)Nc1nc(Cl)nc2sccc12. The van der Waals surface area contributed by atoms with Gasteiger partial charge in [0.25, 0.3) is 0 Å². The smallest absolute Gasteiger partial charge is 0.242 e. The Bertz CT molecular complexity index is 598. The Labute approximate surface area is 120 Å². The number of aromatic nitrogens is 2. The highest BCUT2D eigenvalue weighted by Crippen LogP contribution is 2.26. The van der Waals surface area contributed by atoms with Crippen molar-refractivity contribution in [3.8, 4) is 0 Å². The fraction of sp³-hybridized carbons (Fsp3) is 0.417. The molecule has 7 heteroatoms. The number of carbonyl (C=O) groups is 1. The van der Waals surface area contributed by atoms with Gasteiger partial charge in [0.05, 0.1) is 5.39 Å². The number of thiophene rings is 1. The molecule has 1 atom stereocenters. The van der Waals surface area contributed by atoms with Gasteiger partial charge in [-0.3, -0.25) is 4.79 Å². The van der Waals surface area contributed by atoms with Crippen LogP contribution < -0.4 is 10.6 Å². The Morgan fingerprint density at radius 3 is 2.79 bits per heavy atom. The summed E-state index contributed by atoms with van der Waals surface area (Å²) < 4.78 is 0. The third kappa shape index (κ3) is 3.33. The van der Waals surface area contributed by atoms with Crippen LogP contribution in [0.5, 0.6) is 0 Å². The van der Waals surface area contributed by atoms with Crippen molar-refractivity contribution in [1.82, 2.24) is 15.3 Å². The van der Waals surface area contributed by atoms with Crippen molar-refractivity contribution in [1.29, 1.82) is 0 Å². The summed E-state index contributed by atoms with van der Waals surface area (Å²) in [6, 6.07) is 1.62. The van der Waals surface area contributed by atoms with E-state index in [0.29, 0.717) is 5.82 Å². The molecule has 0 bridgehead atoms. The lowest BCUT2D eigenvalue weighted by molar-refractivity contribution is -0.122. The molecule has 5 nitrogen and oxygen atoms in total. The molecule has 1 unspecified atom stereocenters. The van der Waals surface area contributed by atoms with Crippen molar-refractivity contribution in [2.24, 2.45) is 0 Å². The van der Waals surface area contributed by atoms with Gasteiger partial charge in [-0.05, 0) is 43.8 Å². The monoisotopic (exact) mass is 298 g/mol. The highest BCUT2D eigenvalue weighted by atomic mass is 35.5. The van der Waals surface area contributed by atoms with Crippen LogP contribution in [0.15, 0.2) is 11.4 Å². The van der Waals surface area contributed by atoms with Crippen molar-refractivity contribution in [3.63, 3.8) is 0 Å². The fourth-order valence-electron chi connectivity index (χ4n) is 1.62. The topological polar surface area (TPSA) is 66.9 Å². The summed E-state index contributed by atoms with van der Waals surface area (Å²) >= 11 is 7.36. The summed E-state index contributed by atoms with van der Waals surface area (Å²) in [5, 5.41) is 8.89. The van der Waals surface area contributed by atoms with Gasteiger partial charge in [-0.15, -0.1) is 11.3 Å². The molecule has 19 heavy (non-hydrogen) atoms. The van der Waals surface area contributed by atoms with E-state index in [0.717, 1.165) is 10.2 Å². The maximum atomic E-state index is 11.9. The number of nitrogens with one attached hydrogen (secondary N) is 2. The lowest BCUT2D eigenvalue weighted by atomic mass is 10.2. The van der Waals surface area contributed by atoms with Gasteiger partial charge in [0, 0.05) is 6.04 Å². The zero-order valence-electron chi connectivity index (χ0n) is 10.9. The largest absolute Gasteiger partial charge is 0.358 e. The number of anilines is 1. The van der Waals surface area contributed by atoms with Crippen LogP contribution in [0, 0.1) is 0 Å². The molecule has 0 aliphatic rings. The van der Waals surface area contributed by atoms with Crippen LogP contribution in [-0.4, -0.2) is 28.0 Å². The minimum Gasteiger partial charge on any atom is -0.358 e. The van der Waals surface area contributed by atoms with Crippen molar-refractivity contribution in [2.75, 3.05) is 5.32 Å². The van der Waals surface area contributed by atoms with E-state index in [1.807, 2.05) is 25.3 Å². The van der Waals surface area contributed by atoms with Crippen LogP contribution in [0.1, 0.15) is 20.8 Å². The van der Waals surface area contributed by atoms with Gasteiger partial charge in [-0.25, -0.2) is 9.97 Å². The summed E-state index contributed by atoms with van der Waals surface area (Å²) in [6.07, 6.45) is 0. The molecular weight excluding hydrogens is 284 g/mol. The van der Waals surface area contributed by atoms with Gasteiger partial charge in [0.1, 0.15) is 16.7 Å². The van der Waals surface area contributed by atoms with Crippen molar-refractivity contribution < 1.29 is 4.79 Å². The zero-order valence-corrected chi connectivity index (χ0v) is 12.5. The Kier molecular flexibility index (Phi) is 4.21. The number of hydrogen-bond donors (Lipinski definition) is 2. The standard InChI is InChI=1S/C12H15ClN4OS/c1-6(2)14-10(18)7(3)15-9-8-4-5-19-11(8)17-12(13)16-9/h4-7H,1-3H3,(H,14,18)(H,15,16,17). The van der Waals surface area contributed by atoms with Crippen molar-refractivity contribution >= 4 is 44.9 Å². The third-order valence-electron chi connectivity index (χ3n) is 2.48. The predicted molar refractivity (Wildman–Crippen MR) is 78.8 cm³/mol. The first-order valence-electron chi connectivity index (χ1n) is 5.95. The number of rotatable bonds is 4. The zero-order chi connectivity index (χ0) is 14.0. The van der Waals surface area contributed by atoms with E-state index >= 15 is 0 Å². The maximum Gasteiger partial charge on any atom is 0.242 e. The second-order valence-electron chi connectivity index (χ2n) is 4.51. The minimum absolute atomic E-state index is 0.0758. The molecule has 0 aliphatic carbocycles. The molecule has 2 rings (SSSR count). The van der Waals surface area contributed by atoms with Crippen molar-refractivity contribution in [3.05, 3.63) is 16.7 Å². The molecule has 0 aliphatic heterocycles. The number of fused-ring (bicyclic) bond motifs is 1. The van der Waals surface area contributed by atoms with Gasteiger partial charge in [-0.1, -0.05) is 0 Å². The third-order valence-corrected chi connectivity index (χ3v) is 3.45. The predicted octanol–water partition coefficient (Wildman–Crippen LogP) is 2.67. The molecule has 0 saturated carbocycles. The number of hydrogen-bond acceptors (Lipinski definition) is 5. The van der Waals surface area contributed by atoms with E-state index in [1.54, 1.807) is 6.92 Å². The molecule has 0 fully saturated rings. The molecule has 2 aromatic rings. The lowest BCUT2D eigenvalue weighted by Crippen LogP contribution is -2.41. The molecule has 1 amide bonds. The average Bonchev–Trinajstić information content (AvgIpc) is 2.75. The van der Waals surface area contributed by atoms with E-state index in [1.165, 1.54) is 11.3 Å². The summed E-state index contributed by atoms with van der Waals surface area (Å²) in [5.41, 5.74) is 0. The van der Waals surface area contributed by atoms with Gasteiger partial charge in [-0.2, -0.15) is 0 Å². The number of nitrogens with zero attached hydrogens (tertiary/aromatic N) is 2. The van der Waals surface area contributed by atoms with E-state index in [-0.39, 0.29) is 17.2 Å². The fourth-order valence-corrected chi connectivity index (χ4v) is 2.60. The van der Waals surface area contributed by atoms with Gasteiger partial charge in [0.15, 0.2) is 0 Å². The molecular formula is C12H15ClN4OS. The van der Waals surface area contributed by atoms with Gasteiger partial charge < -0.3 is 10.6 Å². The van der Waals surface area contributed by atoms with Crippen LogP contribution in [0.25, 0.3) is 10.2 Å². The molecule has 2 N–H and O–H groups in total. The van der Waals surface area contributed by atoms with Crippen LogP contribution in [0.2, 0.25) is 5.28 Å². The molecule has 2 aromatic heterocycles. The van der Waals surface area contributed by atoms with E-state index in [4.69, 9.17) is 11.6 Å².